The minimum absolute atomic E-state index is 0.236. The lowest BCUT2D eigenvalue weighted by Gasteiger charge is -2.19. The molecule has 0 aliphatic heterocycles. The average Bonchev–Trinajstić information content (AvgIpc) is 2.83. The Labute approximate surface area is 121 Å². The van der Waals surface area contributed by atoms with Crippen LogP contribution in [0.1, 0.15) is 30.8 Å². The minimum Gasteiger partial charge on any atom is -0.333 e. The van der Waals surface area contributed by atoms with E-state index in [0.717, 1.165) is 23.3 Å². The molecule has 0 radical (unpaired) electrons. The van der Waals surface area contributed by atoms with Gasteiger partial charge in [0.15, 0.2) is 0 Å². The second-order valence-electron chi connectivity index (χ2n) is 4.34. The molecule has 3 nitrogen and oxygen atoms in total. The SMILES string of the molecule is CCCn1ccnc1C(NC)c1c(F)cccc1Br. The monoisotopic (exact) mass is 325 g/mol. The van der Waals surface area contributed by atoms with Gasteiger partial charge in [0.2, 0.25) is 0 Å². The van der Waals surface area contributed by atoms with Crippen molar-refractivity contribution in [3.63, 3.8) is 0 Å². The summed E-state index contributed by atoms with van der Waals surface area (Å²) in [7, 11) is 1.81. The van der Waals surface area contributed by atoms with Crippen LogP contribution in [-0.4, -0.2) is 16.6 Å². The third-order valence-electron chi connectivity index (χ3n) is 3.05. The molecule has 0 aliphatic carbocycles. The molecule has 0 spiro atoms. The molecule has 0 saturated heterocycles. The standard InChI is InChI=1S/C14H17BrFN3/c1-3-8-19-9-7-18-14(19)13(17-2)12-10(15)5-4-6-11(12)16/h4-7,9,13,17H,3,8H2,1-2H3. The summed E-state index contributed by atoms with van der Waals surface area (Å²) in [6.45, 7) is 2.98. The first-order chi connectivity index (χ1) is 9.19. The smallest absolute Gasteiger partial charge is 0.130 e. The first-order valence-electron chi connectivity index (χ1n) is 6.31. The summed E-state index contributed by atoms with van der Waals surface area (Å²) in [6, 6.07) is 4.73. The van der Waals surface area contributed by atoms with Gasteiger partial charge in [0, 0.05) is 29.0 Å². The number of aryl methyl sites for hydroxylation is 1. The molecule has 1 aromatic carbocycles. The van der Waals surface area contributed by atoms with Crippen molar-refractivity contribution in [2.45, 2.75) is 25.9 Å². The summed E-state index contributed by atoms with van der Waals surface area (Å²) < 4.78 is 16.9. The Morgan fingerprint density at radius 3 is 2.89 bits per heavy atom. The highest BCUT2D eigenvalue weighted by molar-refractivity contribution is 9.10. The molecule has 2 aromatic rings. The Bertz CT molecular complexity index is 533. The average molecular weight is 326 g/mol. The van der Waals surface area contributed by atoms with Gasteiger partial charge in [-0.3, -0.25) is 0 Å². The quantitative estimate of drug-likeness (QED) is 0.911. The van der Waals surface area contributed by atoms with Crippen molar-refractivity contribution in [2.75, 3.05) is 7.05 Å². The molecule has 2 rings (SSSR count). The Morgan fingerprint density at radius 2 is 2.26 bits per heavy atom. The molecule has 1 N–H and O–H groups in total. The second kappa shape index (κ2) is 6.30. The fraction of sp³-hybridized carbons (Fsp3) is 0.357. The predicted octanol–water partition coefficient (Wildman–Crippen LogP) is 3.50. The van der Waals surface area contributed by atoms with E-state index >= 15 is 0 Å². The van der Waals surface area contributed by atoms with Crippen LogP contribution >= 0.6 is 15.9 Å². The van der Waals surface area contributed by atoms with Gasteiger partial charge in [0.1, 0.15) is 11.6 Å². The number of nitrogens with zero attached hydrogens (tertiary/aromatic N) is 2. The topological polar surface area (TPSA) is 29.9 Å². The largest absolute Gasteiger partial charge is 0.333 e. The zero-order valence-corrected chi connectivity index (χ0v) is 12.6. The summed E-state index contributed by atoms with van der Waals surface area (Å²) >= 11 is 3.42. The van der Waals surface area contributed by atoms with E-state index in [1.165, 1.54) is 6.07 Å². The van der Waals surface area contributed by atoms with E-state index in [-0.39, 0.29) is 11.9 Å². The van der Waals surface area contributed by atoms with E-state index in [0.29, 0.717) is 5.56 Å². The highest BCUT2D eigenvalue weighted by Gasteiger charge is 2.22. The number of benzene rings is 1. The van der Waals surface area contributed by atoms with Crippen LogP contribution in [0.15, 0.2) is 35.1 Å². The molecule has 19 heavy (non-hydrogen) atoms. The Balaban J connectivity index is 2.47. The van der Waals surface area contributed by atoms with E-state index in [2.05, 4.69) is 37.7 Å². The van der Waals surface area contributed by atoms with Crippen molar-refractivity contribution in [3.8, 4) is 0 Å². The molecule has 102 valence electrons. The number of imidazole rings is 1. The molecule has 1 aromatic heterocycles. The Hall–Kier alpha value is -1.20. The van der Waals surface area contributed by atoms with Crippen LogP contribution in [0.25, 0.3) is 0 Å². The number of rotatable bonds is 5. The van der Waals surface area contributed by atoms with Gasteiger partial charge >= 0.3 is 0 Å². The number of hydrogen-bond acceptors (Lipinski definition) is 2. The number of nitrogens with one attached hydrogen (secondary N) is 1. The summed E-state index contributed by atoms with van der Waals surface area (Å²) in [5.41, 5.74) is 0.591. The molecule has 0 bridgehead atoms. The normalized spacial score (nSPS) is 12.6. The summed E-state index contributed by atoms with van der Waals surface area (Å²) in [5, 5.41) is 3.15. The third-order valence-corrected chi connectivity index (χ3v) is 3.74. The van der Waals surface area contributed by atoms with E-state index in [1.807, 2.05) is 19.3 Å². The van der Waals surface area contributed by atoms with Gasteiger partial charge in [0.25, 0.3) is 0 Å². The molecule has 5 heteroatoms. The molecule has 0 saturated carbocycles. The first-order valence-corrected chi connectivity index (χ1v) is 7.10. The van der Waals surface area contributed by atoms with Crippen LogP contribution in [0, 0.1) is 5.82 Å². The van der Waals surface area contributed by atoms with E-state index in [1.54, 1.807) is 12.3 Å². The number of halogens is 2. The summed E-state index contributed by atoms with van der Waals surface area (Å²) in [4.78, 5) is 4.38. The van der Waals surface area contributed by atoms with Crippen molar-refractivity contribution in [1.82, 2.24) is 14.9 Å². The van der Waals surface area contributed by atoms with Crippen molar-refractivity contribution in [2.24, 2.45) is 0 Å². The van der Waals surface area contributed by atoms with Gasteiger partial charge in [-0.2, -0.15) is 0 Å². The van der Waals surface area contributed by atoms with Gasteiger partial charge in [-0.05, 0) is 25.6 Å². The van der Waals surface area contributed by atoms with Gasteiger partial charge in [0.05, 0.1) is 6.04 Å². The maximum Gasteiger partial charge on any atom is 0.130 e. The van der Waals surface area contributed by atoms with E-state index < -0.39 is 0 Å². The fourth-order valence-corrected chi connectivity index (χ4v) is 2.77. The molecule has 0 fully saturated rings. The fourth-order valence-electron chi connectivity index (χ4n) is 2.20. The highest BCUT2D eigenvalue weighted by atomic mass is 79.9. The maximum atomic E-state index is 14.1. The van der Waals surface area contributed by atoms with Crippen LogP contribution in [0.3, 0.4) is 0 Å². The molecule has 0 amide bonds. The number of hydrogen-bond donors (Lipinski definition) is 1. The molecule has 1 unspecified atom stereocenters. The zero-order valence-electron chi connectivity index (χ0n) is 11.0. The molecular weight excluding hydrogens is 309 g/mol. The number of aromatic nitrogens is 2. The molecule has 1 atom stereocenters. The lowest BCUT2D eigenvalue weighted by atomic mass is 10.1. The van der Waals surface area contributed by atoms with Gasteiger partial charge in [-0.25, -0.2) is 9.37 Å². The van der Waals surface area contributed by atoms with Crippen LogP contribution < -0.4 is 5.32 Å². The minimum atomic E-state index is -0.267. The maximum absolute atomic E-state index is 14.1. The molecule has 0 aliphatic rings. The summed E-state index contributed by atoms with van der Waals surface area (Å²) in [5.74, 6) is 0.593. The second-order valence-corrected chi connectivity index (χ2v) is 5.19. The first kappa shape index (κ1) is 14.2. The Morgan fingerprint density at radius 1 is 1.47 bits per heavy atom. The van der Waals surface area contributed by atoms with Crippen molar-refractivity contribution < 1.29 is 4.39 Å². The molecular formula is C14H17BrFN3. The van der Waals surface area contributed by atoms with Crippen LogP contribution in [0.4, 0.5) is 4.39 Å². The van der Waals surface area contributed by atoms with E-state index in [4.69, 9.17) is 0 Å². The van der Waals surface area contributed by atoms with Gasteiger partial charge < -0.3 is 9.88 Å². The van der Waals surface area contributed by atoms with Crippen LogP contribution in [0.2, 0.25) is 0 Å². The van der Waals surface area contributed by atoms with E-state index in [9.17, 15) is 4.39 Å². The lowest BCUT2D eigenvalue weighted by molar-refractivity contribution is 0.531. The van der Waals surface area contributed by atoms with Gasteiger partial charge in [-0.1, -0.05) is 28.9 Å². The van der Waals surface area contributed by atoms with Crippen LogP contribution in [0.5, 0.6) is 0 Å². The Kier molecular flexibility index (Phi) is 4.71. The highest BCUT2D eigenvalue weighted by Crippen LogP contribution is 2.30. The molecule has 1 heterocycles. The van der Waals surface area contributed by atoms with Crippen LogP contribution in [-0.2, 0) is 6.54 Å². The van der Waals surface area contributed by atoms with Gasteiger partial charge in [-0.15, -0.1) is 0 Å². The van der Waals surface area contributed by atoms with Crippen molar-refractivity contribution >= 4 is 15.9 Å². The predicted molar refractivity (Wildman–Crippen MR) is 77.5 cm³/mol. The third kappa shape index (κ3) is 2.87. The lowest BCUT2D eigenvalue weighted by Crippen LogP contribution is -2.23. The zero-order chi connectivity index (χ0) is 13.8. The summed E-state index contributed by atoms with van der Waals surface area (Å²) in [6.07, 6.45) is 4.69. The van der Waals surface area contributed by atoms with Crippen molar-refractivity contribution in [1.29, 1.82) is 0 Å². The van der Waals surface area contributed by atoms with Crippen molar-refractivity contribution in [3.05, 3.63) is 52.3 Å².